The highest BCUT2D eigenvalue weighted by Gasteiger charge is 2.31. The lowest BCUT2D eigenvalue weighted by Gasteiger charge is -2.12. The average Bonchev–Trinajstić information content (AvgIpc) is 2.85. The predicted octanol–water partition coefficient (Wildman–Crippen LogP) is 5.05. The van der Waals surface area contributed by atoms with E-state index >= 15 is 0 Å². The maximum Gasteiger partial charge on any atom is 0.416 e. The largest absolute Gasteiger partial charge is 0.416 e. The lowest BCUT2D eigenvalue weighted by atomic mass is 10.2. The van der Waals surface area contributed by atoms with Gasteiger partial charge in [0, 0.05) is 9.75 Å². The molecule has 2 rings (SSSR count). The minimum atomic E-state index is -4.45. The molecule has 0 aliphatic rings. The molecule has 23 heavy (non-hydrogen) atoms. The summed E-state index contributed by atoms with van der Waals surface area (Å²) < 4.78 is 38.1. The molecule has 0 fully saturated rings. The zero-order valence-corrected chi connectivity index (χ0v) is 14.1. The number of thiocarbonyl (C=S) groups is 1. The van der Waals surface area contributed by atoms with Crippen molar-refractivity contribution in [3.05, 3.63) is 50.7 Å². The summed E-state index contributed by atoms with van der Waals surface area (Å²) in [7, 11) is 0. The molecular formula is C14H11ClF3N3S2. The topological polar surface area (TPSA) is 36.4 Å². The minimum Gasteiger partial charge on any atom is -0.330 e. The van der Waals surface area contributed by atoms with E-state index in [1.807, 2.05) is 19.1 Å². The summed E-state index contributed by atoms with van der Waals surface area (Å²) in [5.41, 5.74) is 1.77. The number of nitrogens with one attached hydrogen (secondary N) is 2. The van der Waals surface area contributed by atoms with Crippen molar-refractivity contribution in [2.24, 2.45) is 5.10 Å². The summed E-state index contributed by atoms with van der Waals surface area (Å²) in [6.45, 7) is 1.97. The van der Waals surface area contributed by atoms with Crippen molar-refractivity contribution in [3.8, 4) is 0 Å². The number of halogens is 4. The lowest BCUT2D eigenvalue weighted by Crippen LogP contribution is -2.24. The fraction of sp³-hybridized carbons (Fsp3) is 0.143. The molecule has 0 amide bonds. The second-order valence-electron chi connectivity index (χ2n) is 4.46. The number of nitrogens with zero attached hydrogens (tertiary/aromatic N) is 1. The zero-order valence-electron chi connectivity index (χ0n) is 11.7. The number of benzene rings is 1. The Bertz CT molecular complexity index is 741. The Morgan fingerprint density at radius 3 is 2.65 bits per heavy atom. The Morgan fingerprint density at radius 2 is 2.04 bits per heavy atom. The Balaban J connectivity index is 2.01. The van der Waals surface area contributed by atoms with E-state index < -0.39 is 11.7 Å². The second kappa shape index (κ2) is 7.29. The second-order valence-corrected chi connectivity index (χ2v) is 6.60. The normalized spacial score (nSPS) is 11.7. The van der Waals surface area contributed by atoms with Gasteiger partial charge < -0.3 is 5.32 Å². The van der Waals surface area contributed by atoms with Crippen LogP contribution in [-0.2, 0) is 6.18 Å². The minimum absolute atomic E-state index is 0.0377. The number of hydrogen-bond donors (Lipinski definition) is 2. The smallest absolute Gasteiger partial charge is 0.330 e. The van der Waals surface area contributed by atoms with Crippen LogP contribution in [0.3, 0.4) is 0 Å². The molecule has 0 aliphatic heterocycles. The van der Waals surface area contributed by atoms with Gasteiger partial charge in [-0.2, -0.15) is 18.3 Å². The van der Waals surface area contributed by atoms with Crippen molar-refractivity contribution in [1.82, 2.24) is 5.43 Å². The first kappa shape index (κ1) is 17.7. The van der Waals surface area contributed by atoms with Gasteiger partial charge in [-0.1, -0.05) is 11.6 Å². The first-order chi connectivity index (χ1) is 10.8. The van der Waals surface area contributed by atoms with Gasteiger partial charge in [0.1, 0.15) is 0 Å². The van der Waals surface area contributed by atoms with Gasteiger partial charge in [0.25, 0.3) is 0 Å². The summed E-state index contributed by atoms with van der Waals surface area (Å²) in [4.78, 5) is 2.07. The lowest BCUT2D eigenvalue weighted by molar-refractivity contribution is -0.137. The highest BCUT2D eigenvalue weighted by Crippen LogP contribution is 2.33. The SMILES string of the molecule is Cc1ccc(/C=N/NC(=S)Nc2cc(C(F)(F)F)ccc2Cl)s1. The molecule has 0 bridgehead atoms. The number of thiophene rings is 1. The molecule has 0 atom stereocenters. The maximum absolute atomic E-state index is 12.7. The first-order valence-electron chi connectivity index (χ1n) is 6.29. The van der Waals surface area contributed by atoms with E-state index in [2.05, 4.69) is 15.8 Å². The van der Waals surface area contributed by atoms with Crippen LogP contribution >= 0.6 is 35.2 Å². The van der Waals surface area contributed by atoms with E-state index in [4.69, 9.17) is 23.8 Å². The molecule has 1 aromatic heterocycles. The van der Waals surface area contributed by atoms with Gasteiger partial charge in [0.15, 0.2) is 5.11 Å². The molecule has 9 heteroatoms. The van der Waals surface area contributed by atoms with Crippen molar-refractivity contribution in [1.29, 1.82) is 0 Å². The molecule has 0 saturated heterocycles. The molecule has 0 radical (unpaired) electrons. The molecule has 0 saturated carbocycles. The van der Waals surface area contributed by atoms with E-state index in [0.717, 1.165) is 28.0 Å². The monoisotopic (exact) mass is 377 g/mol. The summed E-state index contributed by atoms with van der Waals surface area (Å²) >= 11 is 12.4. The standard InChI is InChI=1S/C14H11ClF3N3S2/c1-8-2-4-10(23-8)7-19-21-13(22)20-12-6-9(14(16,17)18)3-5-11(12)15/h2-7H,1H3,(H2,20,21,22)/b19-7+. The van der Waals surface area contributed by atoms with Crippen LogP contribution in [-0.4, -0.2) is 11.3 Å². The van der Waals surface area contributed by atoms with E-state index in [9.17, 15) is 13.2 Å². The van der Waals surface area contributed by atoms with Crippen molar-refractivity contribution in [3.63, 3.8) is 0 Å². The number of alkyl halides is 3. The van der Waals surface area contributed by atoms with Crippen LogP contribution in [0.5, 0.6) is 0 Å². The zero-order chi connectivity index (χ0) is 17.0. The van der Waals surface area contributed by atoms with E-state index in [1.165, 1.54) is 0 Å². The maximum atomic E-state index is 12.7. The Morgan fingerprint density at radius 1 is 1.30 bits per heavy atom. The molecule has 3 nitrogen and oxygen atoms in total. The van der Waals surface area contributed by atoms with E-state index in [1.54, 1.807) is 17.6 Å². The number of aryl methyl sites for hydroxylation is 1. The number of hydrogen-bond acceptors (Lipinski definition) is 3. The van der Waals surface area contributed by atoms with Crippen molar-refractivity contribution >= 4 is 52.2 Å². The van der Waals surface area contributed by atoms with Crippen LogP contribution in [0.1, 0.15) is 15.3 Å². The molecule has 0 aliphatic carbocycles. The van der Waals surface area contributed by atoms with Gasteiger partial charge in [-0.25, -0.2) is 0 Å². The quantitative estimate of drug-likeness (QED) is 0.446. The fourth-order valence-electron chi connectivity index (χ4n) is 1.62. The molecular weight excluding hydrogens is 367 g/mol. The molecule has 0 spiro atoms. The molecule has 0 unspecified atom stereocenters. The van der Waals surface area contributed by atoms with Crippen LogP contribution < -0.4 is 10.7 Å². The van der Waals surface area contributed by atoms with Crippen LogP contribution in [0.4, 0.5) is 18.9 Å². The third kappa shape index (κ3) is 5.19. The summed E-state index contributed by atoms with van der Waals surface area (Å²) in [5, 5.41) is 6.67. The Labute approximate surface area is 145 Å². The third-order valence-corrected chi connectivity index (χ3v) is 4.12. The van der Waals surface area contributed by atoms with E-state index in [0.29, 0.717) is 0 Å². The van der Waals surface area contributed by atoms with Crippen molar-refractivity contribution in [2.75, 3.05) is 5.32 Å². The van der Waals surface area contributed by atoms with Gasteiger partial charge in [-0.3, -0.25) is 5.43 Å². The summed E-state index contributed by atoms with van der Waals surface area (Å²) in [6.07, 6.45) is -2.88. The van der Waals surface area contributed by atoms with Crippen LogP contribution in [0.15, 0.2) is 35.4 Å². The predicted molar refractivity (Wildman–Crippen MR) is 92.5 cm³/mol. The van der Waals surface area contributed by atoms with Gasteiger partial charge in [0.2, 0.25) is 0 Å². The highest BCUT2D eigenvalue weighted by molar-refractivity contribution is 7.80. The average molecular weight is 378 g/mol. The molecule has 1 aromatic carbocycles. The Kier molecular flexibility index (Phi) is 5.61. The van der Waals surface area contributed by atoms with Gasteiger partial charge in [0.05, 0.1) is 22.5 Å². The van der Waals surface area contributed by atoms with Crippen LogP contribution in [0, 0.1) is 6.92 Å². The van der Waals surface area contributed by atoms with Crippen LogP contribution in [0.2, 0.25) is 5.02 Å². The third-order valence-electron chi connectivity index (χ3n) is 2.66. The molecule has 1 heterocycles. The van der Waals surface area contributed by atoms with Crippen molar-refractivity contribution in [2.45, 2.75) is 13.1 Å². The fourth-order valence-corrected chi connectivity index (χ4v) is 2.70. The highest BCUT2D eigenvalue weighted by atomic mass is 35.5. The van der Waals surface area contributed by atoms with Crippen LogP contribution in [0.25, 0.3) is 0 Å². The van der Waals surface area contributed by atoms with Crippen molar-refractivity contribution < 1.29 is 13.2 Å². The number of anilines is 1. The van der Waals surface area contributed by atoms with E-state index in [-0.39, 0.29) is 15.8 Å². The number of hydrazone groups is 1. The summed E-state index contributed by atoms with van der Waals surface area (Å²) in [6, 6.07) is 6.80. The number of rotatable bonds is 3. The summed E-state index contributed by atoms with van der Waals surface area (Å²) in [5.74, 6) is 0. The molecule has 2 N–H and O–H groups in total. The molecule has 2 aromatic rings. The van der Waals surface area contributed by atoms with Gasteiger partial charge in [-0.05, 0) is 49.5 Å². The first-order valence-corrected chi connectivity index (χ1v) is 7.89. The van der Waals surface area contributed by atoms with Gasteiger partial charge in [-0.15, -0.1) is 11.3 Å². The molecule has 122 valence electrons. The van der Waals surface area contributed by atoms with Gasteiger partial charge >= 0.3 is 6.18 Å². The Hall–Kier alpha value is -1.64.